The van der Waals surface area contributed by atoms with Gasteiger partial charge in [0.2, 0.25) is 5.91 Å². The number of unbranched alkanes of at least 4 members (excludes halogenated alkanes) is 1. The van der Waals surface area contributed by atoms with Crippen LogP contribution in [0.5, 0.6) is 0 Å². The number of nitrogens with one attached hydrogen (secondary N) is 1. The van der Waals surface area contributed by atoms with Crippen LogP contribution in [0.25, 0.3) is 0 Å². The van der Waals surface area contributed by atoms with Gasteiger partial charge in [-0.25, -0.2) is 4.98 Å². The van der Waals surface area contributed by atoms with Gasteiger partial charge in [0.15, 0.2) is 5.82 Å². The number of amides is 1. The van der Waals surface area contributed by atoms with E-state index in [1.54, 1.807) is 0 Å². The van der Waals surface area contributed by atoms with Crippen LogP contribution in [0, 0.1) is 6.92 Å². The number of benzene rings is 1. The van der Waals surface area contributed by atoms with Gasteiger partial charge in [0.25, 0.3) is 0 Å². The molecule has 2 heterocycles. The van der Waals surface area contributed by atoms with E-state index in [2.05, 4.69) is 47.2 Å². The number of aryl methyl sites for hydroxylation is 1. The van der Waals surface area contributed by atoms with Crippen molar-refractivity contribution in [1.29, 1.82) is 0 Å². The van der Waals surface area contributed by atoms with E-state index in [0.29, 0.717) is 13.1 Å². The predicted octanol–water partition coefficient (Wildman–Crippen LogP) is 3.98. The molecule has 2 aromatic rings. The van der Waals surface area contributed by atoms with Gasteiger partial charge >= 0.3 is 0 Å². The van der Waals surface area contributed by atoms with Gasteiger partial charge in [-0.2, -0.15) is 0 Å². The van der Waals surface area contributed by atoms with Gasteiger partial charge in [-0.05, 0) is 31.9 Å². The third-order valence-corrected chi connectivity index (χ3v) is 4.73. The Hall–Kier alpha value is -2.56. The zero-order valence-corrected chi connectivity index (χ0v) is 16.0. The highest BCUT2D eigenvalue weighted by molar-refractivity contribution is 6.04. The highest BCUT2D eigenvalue weighted by Gasteiger charge is 2.27. The summed E-state index contributed by atoms with van der Waals surface area (Å²) >= 11 is 0. The fourth-order valence-corrected chi connectivity index (χ4v) is 3.40. The molecule has 3 rings (SSSR count). The summed E-state index contributed by atoms with van der Waals surface area (Å²) in [5.41, 5.74) is 4.08. The molecule has 0 aliphatic carbocycles. The maximum Gasteiger partial charge on any atom is 0.244 e. The Bertz CT molecular complexity index is 760. The summed E-state index contributed by atoms with van der Waals surface area (Å²) in [6.45, 7) is 9.28. The van der Waals surface area contributed by atoms with E-state index in [-0.39, 0.29) is 5.91 Å². The lowest BCUT2D eigenvalue weighted by Gasteiger charge is -2.34. The molecule has 1 aromatic heterocycles. The molecule has 0 radical (unpaired) electrons. The molecule has 0 bridgehead atoms. The molecule has 0 atom stereocenters. The van der Waals surface area contributed by atoms with Crippen LogP contribution < -0.4 is 15.1 Å². The molecule has 138 valence electrons. The Morgan fingerprint density at radius 3 is 2.69 bits per heavy atom. The third kappa shape index (κ3) is 3.98. The highest BCUT2D eigenvalue weighted by atomic mass is 16.2. The molecule has 1 amide bonds. The van der Waals surface area contributed by atoms with E-state index >= 15 is 0 Å². The van der Waals surface area contributed by atoms with Crippen molar-refractivity contribution in [3.8, 4) is 0 Å². The van der Waals surface area contributed by atoms with Crippen LogP contribution in [0.1, 0.15) is 37.9 Å². The topological polar surface area (TPSA) is 48.5 Å². The van der Waals surface area contributed by atoms with Crippen LogP contribution >= 0.6 is 0 Å². The van der Waals surface area contributed by atoms with Crippen LogP contribution in [-0.2, 0) is 11.3 Å². The van der Waals surface area contributed by atoms with Crippen molar-refractivity contribution in [1.82, 2.24) is 4.98 Å². The van der Waals surface area contributed by atoms with Gasteiger partial charge in [0.1, 0.15) is 5.69 Å². The average Bonchev–Trinajstić information content (AvgIpc) is 2.64. The van der Waals surface area contributed by atoms with Crippen LogP contribution in [0.2, 0.25) is 0 Å². The monoisotopic (exact) mass is 352 g/mol. The Balaban J connectivity index is 1.99. The van der Waals surface area contributed by atoms with Gasteiger partial charge in [-0.15, -0.1) is 0 Å². The molecular weight excluding hydrogens is 324 g/mol. The fourth-order valence-electron chi connectivity index (χ4n) is 3.40. The first-order valence-corrected chi connectivity index (χ1v) is 9.47. The van der Waals surface area contributed by atoms with Gasteiger partial charge in [-0.1, -0.05) is 43.7 Å². The zero-order valence-electron chi connectivity index (χ0n) is 16.0. The van der Waals surface area contributed by atoms with Crippen molar-refractivity contribution in [3.05, 3.63) is 47.7 Å². The quantitative estimate of drug-likeness (QED) is 0.819. The fraction of sp³-hybridized carbons (Fsp3) is 0.429. The van der Waals surface area contributed by atoms with Gasteiger partial charge < -0.3 is 15.1 Å². The number of carbonyl (C=O) groups excluding carboxylic acids is 1. The molecular formula is C21H28N4O. The molecule has 1 N–H and O–H groups in total. The first kappa shape index (κ1) is 18.2. The Labute approximate surface area is 156 Å². The standard InChI is InChI=1S/C21H28N4O/c1-4-6-12-24(5-2)18-13-16(3)22-21-20(18)23-19(26)15-25(21)14-17-10-8-7-9-11-17/h7-11,13H,4-6,12,14-15H2,1-3H3,(H,23,26). The maximum atomic E-state index is 12.4. The van der Waals surface area contributed by atoms with E-state index in [9.17, 15) is 4.79 Å². The van der Waals surface area contributed by atoms with Gasteiger partial charge in [0.05, 0.1) is 12.2 Å². The molecule has 5 nitrogen and oxygen atoms in total. The summed E-state index contributed by atoms with van der Waals surface area (Å²) in [5.74, 6) is 0.894. The van der Waals surface area contributed by atoms with Crippen LogP contribution in [0.3, 0.4) is 0 Å². The van der Waals surface area contributed by atoms with Crippen molar-refractivity contribution in [3.63, 3.8) is 0 Å². The maximum absolute atomic E-state index is 12.4. The molecule has 1 aliphatic heterocycles. The molecule has 0 saturated heterocycles. The second-order valence-electron chi connectivity index (χ2n) is 6.80. The molecule has 0 saturated carbocycles. The SMILES string of the molecule is CCCCN(CC)c1cc(C)nc2c1NC(=O)CN2Cc1ccccc1. The number of rotatable bonds is 7. The summed E-state index contributed by atoms with van der Waals surface area (Å²) < 4.78 is 0. The molecule has 0 unspecified atom stereocenters. The Morgan fingerprint density at radius 2 is 2.00 bits per heavy atom. The second kappa shape index (κ2) is 8.21. The van der Waals surface area contributed by atoms with Crippen molar-refractivity contribution < 1.29 is 4.79 Å². The average molecular weight is 352 g/mol. The summed E-state index contributed by atoms with van der Waals surface area (Å²) in [5, 5.41) is 3.08. The normalized spacial score (nSPS) is 13.3. The van der Waals surface area contributed by atoms with Crippen LogP contribution in [0.4, 0.5) is 17.2 Å². The van der Waals surface area contributed by atoms with E-state index in [1.165, 1.54) is 5.56 Å². The van der Waals surface area contributed by atoms with Crippen molar-refractivity contribution in [2.24, 2.45) is 0 Å². The van der Waals surface area contributed by atoms with E-state index < -0.39 is 0 Å². The first-order valence-electron chi connectivity index (χ1n) is 9.47. The number of anilines is 3. The number of nitrogens with zero attached hydrogens (tertiary/aromatic N) is 3. The minimum Gasteiger partial charge on any atom is -0.370 e. The van der Waals surface area contributed by atoms with E-state index in [1.807, 2.05) is 25.1 Å². The lowest BCUT2D eigenvalue weighted by atomic mass is 10.1. The molecule has 26 heavy (non-hydrogen) atoms. The van der Waals surface area contributed by atoms with E-state index in [0.717, 1.165) is 48.8 Å². The number of hydrogen-bond acceptors (Lipinski definition) is 4. The second-order valence-corrected chi connectivity index (χ2v) is 6.80. The number of aromatic nitrogens is 1. The number of hydrogen-bond donors (Lipinski definition) is 1. The molecule has 1 aliphatic rings. The van der Waals surface area contributed by atoms with Gasteiger partial charge in [0, 0.05) is 25.3 Å². The zero-order chi connectivity index (χ0) is 18.5. The van der Waals surface area contributed by atoms with Crippen molar-refractivity contribution in [2.75, 3.05) is 34.8 Å². The largest absolute Gasteiger partial charge is 0.370 e. The molecule has 0 spiro atoms. The van der Waals surface area contributed by atoms with Crippen molar-refractivity contribution in [2.45, 2.75) is 40.2 Å². The lowest BCUT2D eigenvalue weighted by molar-refractivity contribution is -0.115. The first-order chi connectivity index (χ1) is 12.6. The summed E-state index contributed by atoms with van der Waals surface area (Å²) in [6.07, 6.45) is 2.28. The predicted molar refractivity (Wildman–Crippen MR) is 108 cm³/mol. The number of pyridine rings is 1. The van der Waals surface area contributed by atoms with Crippen LogP contribution in [0.15, 0.2) is 36.4 Å². The summed E-state index contributed by atoms with van der Waals surface area (Å²) in [6, 6.07) is 12.3. The smallest absolute Gasteiger partial charge is 0.244 e. The number of carbonyl (C=O) groups is 1. The van der Waals surface area contributed by atoms with Crippen LogP contribution in [-0.4, -0.2) is 30.5 Å². The van der Waals surface area contributed by atoms with Gasteiger partial charge in [-0.3, -0.25) is 4.79 Å². The minimum atomic E-state index is 0.0203. The summed E-state index contributed by atoms with van der Waals surface area (Å²) in [7, 11) is 0. The third-order valence-electron chi connectivity index (χ3n) is 4.73. The van der Waals surface area contributed by atoms with Crippen molar-refractivity contribution >= 4 is 23.1 Å². The summed E-state index contributed by atoms with van der Waals surface area (Å²) in [4.78, 5) is 21.6. The minimum absolute atomic E-state index is 0.0203. The Morgan fingerprint density at radius 1 is 1.23 bits per heavy atom. The number of fused-ring (bicyclic) bond motifs is 1. The Kier molecular flexibility index (Phi) is 5.76. The molecule has 5 heteroatoms. The lowest BCUT2D eigenvalue weighted by Crippen LogP contribution is -2.39. The highest BCUT2D eigenvalue weighted by Crippen LogP contribution is 2.38. The molecule has 1 aromatic carbocycles. The molecule has 0 fully saturated rings. The van der Waals surface area contributed by atoms with E-state index in [4.69, 9.17) is 4.98 Å².